The molecule has 1 saturated carbocycles. The fraction of sp³-hybridized carbons (Fsp3) is 0.464. The zero-order valence-corrected chi connectivity index (χ0v) is 20.9. The Morgan fingerprint density at radius 1 is 0.972 bits per heavy atom. The standard InChI is InChI=1S/C28H30ClN3O4/c29-22-6-2-1-5-20(22)18-14-31(15-18)23-7-3-4-8-25(23)36-19-9-10-21-17(13-19)16-32(28(21)35)24-11-12-26(33)30-27(24)34/h1-2,5-6,9-10,13,18,23-25H,3-4,7-8,11-12,14-16H2,(H,30,33,34)/t23-,24?,25-/m0/s1. The van der Waals surface area contributed by atoms with Crippen molar-refractivity contribution in [2.75, 3.05) is 13.1 Å². The van der Waals surface area contributed by atoms with E-state index in [0.29, 0.717) is 30.5 Å². The average Bonchev–Trinajstić information content (AvgIpc) is 3.16. The van der Waals surface area contributed by atoms with Crippen LogP contribution in [0.4, 0.5) is 0 Å². The van der Waals surface area contributed by atoms with Gasteiger partial charge in [-0.05, 0) is 61.1 Å². The van der Waals surface area contributed by atoms with Crippen LogP contribution in [0.5, 0.6) is 5.75 Å². The van der Waals surface area contributed by atoms with E-state index in [2.05, 4.69) is 22.3 Å². The van der Waals surface area contributed by atoms with Crippen molar-refractivity contribution < 1.29 is 19.1 Å². The van der Waals surface area contributed by atoms with Gasteiger partial charge in [0, 0.05) is 48.6 Å². The van der Waals surface area contributed by atoms with Crippen LogP contribution in [-0.4, -0.2) is 58.8 Å². The van der Waals surface area contributed by atoms with Crippen molar-refractivity contribution in [3.05, 3.63) is 64.2 Å². The highest BCUT2D eigenvalue weighted by molar-refractivity contribution is 6.31. The molecule has 3 amide bonds. The first-order valence-corrected chi connectivity index (χ1v) is 13.3. The summed E-state index contributed by atoms with van der Waals surface area (Å²) in [6.07, 6.45) is 5.20. The summed E-state index contributed by atoms with van der Waals surface area (Å²) in [5.41, 5.74) is 2.71. The molecule has 3 aliphatic heterocycles. The van der Waals surface area contributed by atoms with Crippen molar-refractivity contribution in [2.45, 2.75) is 69.2 Å². The van der Waals surface area contributed by atoms with Crippen molar-refractivity contribution in [1.29, 1.82) is 0 Å². The molecule has 1 unspecified atom stereocenters. The maximum absolute atomic E-state index is 13.0. The lowest BCUT2D eigenvalue weighted by Gasteiger charge is -2.48. The normalized spacial score (nSPS) is 27.0. The molecule has 8 heteroatoms. The van der Waals surface area contributed by atoms with Gasteiger partial charge in [-0.15, -0.1) is 0 Å². The van der Waals surface area contributed by atoms with Gasteiger partial charge in [0.2, 0.25) is 11.8 Å². The maximum Gasteiger partial charge on any atom is 0.255 e. The maximum atomic E-state index is 13.0. The Kier molecular flexibility index (Phi) is 6.21. The number of hydrogen-bond donors (Lipinski definition) is 1. The molecule has 2 aromatic carbocycles. The Balaban J connectivity index is 1.12. The molecule has 2 saturated heterocycles. The molecule has 0 bridgehead atoms. The van der Waals surface area contributed by atoms with Gasteiger partial charge in [0.25, 0.3) is 5.91 Å². The highest BCUT2D eigenvalue weighted by atomic mass is 35.5. The molecule has 3 fully saturated rings. The minimum absolute atomic E-state index is 0.104. The number of amides is 3. The van der Waals surface area contributed by atoms with Gasteiger partial charge in [-0.1, -0.05) is 36.2 Å². The minimum atomic E-state index is -0.604. The smallest absolute Gasteiger partial charge is 0.255 e. The van der Waals surface area contributed by atoms with Gasteiger partial charge < -0.3 is 9.64 Å². The molecule has 3 atom stereocenters. The summed E-state index contributed by atoms with van der Waals surface area (Å²) >= 11 is 6.42. The SMILES string of the molecule is O=C1CCC(N2Cc3cc(O[C@H]4CCCC[C@@H]4N4CC(c5ccccc5Cl)C4)ccc3C2=O)C(=O)N1. The molecule has 6 rings (SSSR count). The van der Waals surface area contributed by atoms with Crippen molar-refractivity contribution >= 4 is 29.3 Å². The number of nitrogens with one attached hydrogen (secondary N) is 1. The van der Waals surface area contributed by atoms with Crippen LogP contribution in [0.1, 0.15) is 65.9 Å². The van der Waals surface area contributed by atoms with Gasteiger partial charge in [0.1, 0.15) is 17.9 Å². The van der Waals surface area contributed by atoms with Crippen LogP contribution < -0.4 is 10.1 Å². The number of halogens is 1. The van der Waals surface area contributed by atoms with Crippen LogP contribution in [0.3, 0.4) is 0 Å². The van der Waals surface area contributed by atoms with E-state index < -0.39 is 11.9 Å². The number of hydrogen-bond acceptors (Lipinski definition) is 5. The number of ether oxygens (including phenoxy) is 1. The number of piperidine rings is 1. The number of rotatable bonds is 5. The van der Waals surface area contributed by atoms with E-state index in [1.807, 2.05) is 30.3 Å². The lowest BCUT2D eigenvalue weighted by molar-refractivity contribution is -0.136. The first-order valence-electron chi connectivity index (χ1n) is 12.9. The van der Waals surface area contributed by atoms with Crippen LogP contribution in [0, 0.1) is 0 Å². The van der Waals surface area contributed by atoms with Crippen LogP contribution in [0.2, 0.25) is 5.02 Å². The van der Waals surface area contributed by atoms with Gasteiger partial charge in [-0.3, -0.25) is 24.6 Å². The fourth-order valence-electron chi connectivity index (χ4n) is 6.22. The molecule has 0 aromatic heterocycles. The topological polar surface area (TPSA) is 79.0 Å². The summed E-state index contributed by atoms with van der Waals surface area (Å²) in [4.78, 5) is 40.9. The second-order valence-electron chi connectivity index (χ2n) is 10.4. The molecule has 7 nitrogen and oxygen atoms in total. The first-order chi connectivity index (χ1) is 17.5. The van der Waals surface area contributed by atoms with Crippen molar-refractivity contribution in [3.8, 4) is 5.75 Å². The number of carbonyl (C=O) groups is 3. The monoisotopic (exact) mass is 507 g/mol. The molecule has 188 valence electrons. The second-order valence-corrected chi connectivity index (χ2v) is 10.8. The highest BCUT2D eigenvalue weighted by Crippen LogP contribution is 2.38. The summed E-state index contributed by atoms with van der Waals surface area (Å²) in [5.74, 6) is 0.405. The van der Waals surface area contributed by atoms with Crippen LogP contribution in [0.25, 0.3) is 0 Å². The molecule has 1 aliphatic carbocycles. The molecule has 3 heterocycles. The summed E-state index contributed by atoms with van der Waals surface area (Å²) in [6.45, 7) is 2.35. The third-order valence-electron chi connectivity index (χ3n) is 8.17. The number of benzene rings is 2. The van der Waals surface area contributed by atoms with E-state index >= 15 is 0 Å². The summed E-state index contributed by atoms with van der Waals surface area (Å²) < 4.78 is 6.54. The Morgan fingerprint density at radius 2 is 1.78 bits per heavy atom. The van der Waals surface area contributed by atoms with E-state index in [0.717, 1.165) is 48.7 Å². The van der Waals surface area contributed by atoms with Gasteiger partial charge >= 0.3 is 0 Å². The Hall–Kier alpha value is -2.90. The molecule has 0 radical (unpaired) electrons. The van der Waals surface area contributed by atoms with Crippen molar-refractivity contribution in [3.63, 3.8) is 0 Å². The van der Waals surface area contributed by atoms with Gasteiger partial charge in [-0.2, -0.15) is 0 Å². The molecule has 2 aromatic rings. The van der Waals surface area contributed by atoms with Crippen LogP contribution in [0.15, 0.2) is 42.5 Å². The van der Waals surface area contributed by atoms with Crippen molar-refractivity contribution in [2.24, 2.45) is 0 Å². The highest BCUT2D eigenvalue weighted by Gasteiger charge is 2.41. The predicted molar refractivity (Wildman–Crippen MR) is 135 cm³/mol. The fourth-order valence-corrected chi connectivity index (χ4v) is 6.51. The number of carbonyl (C=O) groups excluding carboxylic acids is 3. The predicted octanol–water partition coefficient (Wildman–Crippen LogP) is 3.89. The third-order valence-corrected chi connectivity index (χ3v) is 8.52. The second kappa shape index (κ2) is 9.52. The van der Waals surface area contributed by atoms with E-state index in [1.54, 1.807) is 4.90 Å². The number of imide groups is 1. The first kappa shape index (κ1) is 23.5. The largest absolute Gasteiger partial charge is 0.489 e. The molecule has 36 heavy (non-hydrogen) atoms. The Bertz CT molecular complexity index is 1210. The van der Waals surface area contributed by atoms with Crippen molar-refractivity contribution in [1.82, 2.24) is 15.1 Å². The number of nitrogens with zero attached hydrogens (tertiary/aromatic N) is 2. The van der Waals surface area contributed by atoms with Crippen LogP contribution >= 0.6 is 11.6 Å². The van der Waals surface area contributed by atoms with E-state index in [9.17, 15) is 14.4 Å². The summed E-state index contributed by atoms with van der Waals surface area (Å²) in [5, 5.41) is 3.20. The van der Waals surface area contributed by atoms with Gasteiger partial charge in [0.15, 0.2) is 0 Å². The molecule has 0 spiro atoms. The third kappa shape index (κ3) is 4.28. The molecular formula is C28H30ClN3O4. The zero-order valence-electron chi connectivity index (χ0n) is 20.1. The van der Waals surface area contributed by atoms with E-state index in [1.165, 1.54) is 12.0 Å². The summed E-state index contributed by atoms with van der Waals surface area (Å²) in [6, 6.07) is 13.5. The zero-order chi connectivity index (χ0) is 24.8. The molecule has 1 N–H and O–H groups in total. The lowest BCUT2D eigenvalue weighted by atomic mass is 9.84. The Morgan fingerprint density at radius 3 is 2.58 bits per heavy atom. The van der Waals surface area contributed by atoms with Crippen LogP contribution in [-0.2, 0) is 16.1 Å². The van der Waals surface area contributed by atoms with Gasteiger partial charge in [0.05, 0.1) is 0 Å². The number of likely N-dealkylation sites (tertiary alicyclic amines) is 1. The lowest BCUT2D eigenvalue weighted by Crippen LogP contribution is -2.57. The van der Waals surface area contributed by atoms with Gasteiger partial charge in [-0.25, -0.2) is 0 Å². The minimum Gasteiger partial charge on any atom is -0.489 e. The summed E-state index contributed by atoms with van der Waals surface area (Å²) in [7, 11) is 0. The Labute approximate surface area is 215 Å². The average molecular weight is 508 g/mol. The quantitative estimate of drug-likeness (QED) is 0.621. The molecule has 4 aliphatic rings. The molecular weight excluding hydrogens is 478 g/mol. The van der Waals surface area contributed by atoms with E-state index in [-0.39, 0.29) is 24.3 Å². The number of fused-ring (bicyclic) bond motifs is 1. The van der Waals surface area contributed by atoms with E-state index in [4.69, 9.17) is 16.3 Å².